The van der Waals surface area contributed by atoms with E-state index in [1.165, 1.54) is 22.7 Å². The SMILES string of the molecule is CC(C)C[C@@H]1NC(=O)CCCN(C(=O)[C@@H](N)CC(C)C)CCCNC(=O)c2csc(n2)[C@H](Cc2ccccc2)NC(=O)c2csc1n2.Cl. The molecule has 3 aromatic rings. The first-order chi connectivity index (χ1) is 22.5. The summed E-state index contributed by atoms with van der Waals surface area (Å²) in [7, 11) is 0. The Bertz CT molecular complexity index is 1500. The predicted octanol–water partition coefficient (Wildman–Crippen LogP) is 5.05. The molecule has 11 nitrogen and oxygen atoms in total. The first kappa shape index (κ1) is 39.1. The molecule has 0 saturated carbocycles. The number of halogens is 1. The number of hydrogen-bond acceptors (Lipinski definition) is 9. The van der Waals surface area contributed by atoms with Gasteiger partial charge in [-0.1, -0.05) is 58.0 Å². The lowest BCUT2D eigenvalue weighted by molar-refractivity contribution is -0.133. The molecule has 1 aliphatic heterocycles. The van der Waals surface area contributed by atoms with Gasteiger partial charge < -0.3 is 26.6 Å². The summed E-state index contributed by atoms with van der Waals surface area (Å²) in [4.78, 5) is 64.0. The molecule has 4 amide bonds. The summed E-state index contributed by atoms with van der Waals surface area (Å²) in [6.45, 7) is 9.31. The highest BCUT2D eigenvalue weighted by molar-refractivity contribution is 7.10. The minimum atomic E-state index is -0.629. The fourth-order valence-corrected chi connectivity index (χ4v) is 7.23. The van der Waals surface area contributed by atoms with E-state index < -0.39 is 12.1 Å². The van der Waals surface area contributed by atoms with E-state index in [2.05, 4.69) is 39.8 Å². The predicted molar refractivity (Wildman–Crippen MR) is 192 cm³/mol. The summed E-state index contributed by atoms with van der Waals surface area (Å²) in [6, 6.07) is 8.31. The zero-order chi connectivity index (χ0) is 33.9. The van der Waals surface area contributed by atoms with E-state index in [1.807, 2.05) is 44.2 Å². The summed E-state index contributed by atoms with van der Waals surface area (Å²) >= 11 is 2.65. The van der Waals surface area contributed by atoms with Gasteiger partial charge in [-0.2, -0.15) is 0 Å². The standard InChI is InChI=1S/C34H47N7O4S2.ClH/c1-21(2)16-24(35)34(45)41-14-8-12-29(42)37-25(17-22(3)4)32-40-28(20-47-32)31(44)38-26(18-23-10-6-5-7-11-23)33-39-27(19-46-33)30(43)36-13-9-15-41;/h5-7,10-11,19-22,24-26H,8-9,12-18,35H2,1-4H3,(H,36,43)(H,37,42)(H,38,44);1H/t24-,25-,26-;/m0./s1. The molecule has 2 aromatic heterocycles. The van der Waals surface area contributed by atoms with Crippen molar-refractivity contribution in [1.29, 1.82) is 0 Å². The molecule has 0 spiro atoms. The summed E-state index contributed by atoms with van der Waals surface area (Å²) in [5, 5.41) is 13.8. The second-order valence-corrected chi connectivity index (χ2v) is 14.7. The zero-order valence-electron chi connectivity index (χ0n) is 28.1. The number of carbonyl (C=O) groups excluding carboxylic acids is 4. The Morgan fingerprint density at radius 1 is 0.896 bits per heavy atom. The van der Waals surface area contributed by atoms with Gasteiger partial charge in [-0.05, 0) is 49.5 Å². The van der Waals surface area contributed by atoms with E-state index in [-0.39, 0.29) is 71.7 Å². The van der Waals surface area contributed by atoms with Crippen LogP contribution in [-0.4, -0.2) is 64.2 Å². The number of aromatic nitrogens is 2. The Labute approximate surface area is 297 Å². The van der Waals surface area contributed by atoms with E-state index in [1.54, 1.807) is 15.7 Å². The Morgan fingerprint density at radius 3 is 2.17 bits per heavy atom. The molecule has 0 aliphatic carbocycles. The monoisotopic (exact) mass is 717 g/mol. The van der Waals surface area contributed by atoms with Gasteiger partial charge in [-0.15, -0.1) is 35.1 Å². The van der Waals surface area contributed by atoms with Crippen LogP contribution in [0.2, 0.25) is 0 Å². The van der Waals surface area contributed by atoms with Crippen molar-refractivity contribution in [1.82, 2.24) is 30.8 Å². The van der Waals surface area contributed by atoms with Crippen LogP contribution in [0.5, 0.6) is 0 Å². The van der Waals surface area contributed by atoms with Crippen molar-refractivity contribution in [2.24, 2.45) is 17.6 Å². The van der Waals surface area contributed by atoms with Crippen molar-refractivity contribution in [3.05, 3.63) is 68.1 Å². The fraction of sp³-hybridized carbons (Fsp3) is 0.529. The summed E-state index contributed by atoms with van der Waals surface area (Å²) in [5.41, 5.74) is 7.81. The largest absolute Gasteiger partial charge is 0.351 e. The molecular formula is C34H48ClN7O4S2. The molecule has 4 rings (SSSR count). The van der Waals surface area contributed by atoms with Gasteiger partial charge in [0.05, 0.1) is 18.1 Å². The topological polar surface area (TPSA) is 159 Å². The van der Waals surface area contributed by atoms with Crippen molar-refractivity contribution in [3.8, 4) is 0 Å². The average Bonchev–Trinajstić information content (AvgIpc) is 3.72. The number of nitrogens with one attached hydrogen (secondary N) is 3. The average molecular weight is 718 g/mol. The van der Waals surface area contributed by atoms with E-state index >= 15 is 0 Å². The Kier molecular flexibility index (Phi) is 15.4. The number of carbonyl (C=O) groups is 4. The third-order valence-electron chi connectivity index (χ3n) is 7.81. The van der Waals surface area contributed by atoms with E-state index in [0.717, 1.165) is 5.56 Å². The molecule has 0 unspecified atom stereocenters. The summed E-state index contributed by atoms with van der Waals surface area (Å²) < 4.78 is 0. The molecular weight excluding hydrogens is 670 g/mol. The minimum absolute atomic E-state index is 0. The quantitative estimate of drug-likeness (QED) is 0.266. The van der Waals surface area contributed by atoms with Crippen LogP contribution in [0.3, 0.4) is 0 Å². The second-order valence-electron chi connectivity index (χ2n) is 12.9. The van der Waals surface area contributed by atoms with Gasteiger partial charge in [0.1, 0.15) is 21.4 Å². The van der Waals surface area contributed by atoms with Gasteiger partial charge in [-0.3, -0.25) is 19.2 Å². The first-order valence-electron chi connectivity index (χ1n) is 16.4. The molecule has 48 heavy (non-hydrogen) atoms. The first-order valence-corrected chi connectivity index (χ1v) is 18.1. The molecule has 4 bridgehead atoms. The molecule has 0 radical (unpaired) electrons. The number of rotatable bonds is 7. The summed E-state index contributed by atoms with van der Waals surface area (Å²) in [5.74, 6) is -0.428. The van der Waals surface area contributed by atoms with Gasteiger partial charge in [-0.25, -0.2) is 9.97 Å². The molecule has 262 valence electrons. The molecule has 0 saturated heterocycles. The van der Waals surface area contributed by atoms with Crippen LogP contribution >= 0.6 is 35.1 Å². The maximum Gasteiger partial charge on any atom is 0.271 e. The molecule has 5 N–H and O–H groups in total. The number of amides is 4. The van der Waals surface area contributed by atoms with E-state index in [9.17, 15) is 19.2 Å². The Morgan fingerprint density at radius 2 is 1.52 bits per heavy atom. The smallest absolute Gasteiger partial charge is 0.271 e. The highest BCUT2D eigenvalue weighted by Gasteiger charge is 2.26. The fourth-order valence-electron chi connectivity index (χ4n) is 5.51. The second kappa shape index (κ2) is 19.0. The van der Waals surface area contributed by atoms with Gasteiger partial charge in [0.2, 0.25) is 11.8 Å². The lowest BCUT2D eigenvalue weighted by Crippen LogP contribution is -2.46. The third-order valence-corrected chi connectivity index (χ3v) is 9.73. The van der Waals surface area contributed by atoms with Gasteiger partial charge in [0.15, 0.2) is 0 Å². The van der Waals surface area contributed by atoms with Crippen LogP contribution in [0.1, 0.15) is 108 Å². The van der Waals surface area contributed by atoms with Crippen molar-refractivity contribution >= 4 is 58.7 Å². The molecule has 3 heterocycles. The van der Waals surface area contributed by atoms with Crippen LogP contribution in [-0.2, 0) is 16.0 Å². The Hall–Kier alpha value is -3.39. The summed E-state index contributed by atoms with van der Waals surface area (Å²) in [6.07, 6.45) is 2.91. The van der Waals surface area contributed by atoms with Gasteiger partial charge in [0.25, 0.3) is 11.8 Å². The number of benzene rings is 1. The Balaban J connectivity index is 0.00000625. The van der Waals surface area contributed by atoms with Crippen LogP contribution < -0.4 is 21.7 Å². The van der Waals surface area contributed by atoms with Crippen molar-refractivity contribution < 1.29 is 19.2 Å². The number of nitrogens with two attached hydrogens (primary N) is 1. The molecule has 14 heteroatoms. The number of thiazole rings is 2. The van der Waals surface area contributed by atoms with Crippen LogP contribution in [0.25, 0.3) is 0 Å². The number of fused-ring (bicyclic) bond motifs is 4. The molecule has 1 aromatic carbocycles. The highest BCUT2D eigenvalue weighted by Crippen LogP contribution is 2.27. The number of hydrogen-bond donors (Lipinski definition) is 4. The van der Waals surface area contributed by atoms with Crippen LogP contribution in [0, 0.1) is 11.8 Å². The van der Waals surface area contributed by atoms with Crippen LogP contribution in [0.4, 0.5) is 0 Å². The minimum Gasteiger partial charge on any atom is -0.351 e. The normalized spacial score (nSPS) is 19.1. The van der Waals surface area contributed by atoms with Gasteiger partial charge in [0, 0.05) is 36.8 Å². The van der Waals surface area contributed by atoms with Crippen LogP contribution in [0.15, 0.2) is 41.1 Å². The molecule has 3 atom stereocenters. The highest BCUT2D eigenvalue weighted by atomic mass is 35.5. The van der Waals surface area contributed by atoms with E-state index in [4.69, 9.17) is 5.73 Å². The molecule has 0 fully saturated rings. The maximum absolute atomic E-state index is 13.5. The molecule has 1 aliphatic rings. The van der Waals surface area contributed by atoms with Crippen molar-refractivity contribution in [2.45, 2.75) is 84.3 Å². The third kappa shape index (κ3) is 11.6. The lowest BCUT2D eigenvalue weighted by atomic mass is 10.0. The van der Waals surface area contributed by atoms with Gasteiger partial charge >= 0.3 is 0 Å². The van der Waals surface area contributed by atoms with E-state index in [0.29, 0.717) is 61.8 Å². The van der Waals surface area contributed by atoms with Crippen molar-refractivity contribution in [2.75, 3.05) is 19.6 Å². The zero-order valence-corrected chi connectivity index (χ0v) is 30.5. The maximum atomic E-state index is 13.5. The lowest BCUT2D eigenvalue weighted by Gasteiger charge is -2.27. The van der Waals surface area contributed by atoms with Crippen molar-refractivity contribution in [3.63, 3.8) is 0 Å². The number of nitrogens with zero attached hydrogens (tertiary/aromatic N) is 3.